The van der Waals surface area contributed by atoms with E-state index < -0.39 is 5.97 Å². The lowest BCUT2D eigenvalue weighted by Gasteiger charge is -1.94. The van der Waals surface area contributed by atoms with Gasteiger partial charge in [0.15, 0.2) is 0 Å². The van der Waals surface area contributed by atoms with Crippen LogP contribution in [0.15, 0.2) is 17.1 Å². The van der Waals surface area contributed by atoms with Crippen LogP contribution in [0.1, 0.15) is 18.9 Å². The first kappa shape index (κ1) is 12.3. The zero-order chi connectivity index (χ0) is 12.0. The third-order valence-corrected chi connectivity index (χ3v) is 1.85. The minimum Gasteiger partial charge on any atom is -0.465 e. The molecule has 0 atom stereocenters. The van der Waals surface area contributed by atoms with Crippen LogP contribution in [-0.2, 0) is 9.53 Å². The third kappa shape index (κ3) is 3.79. The first-order chi connectivity index (χ1) is 7.63. The topological polar surface area (TPSA) is 59.2 Å². The van der Waals surface area contributed by atoms with E-state index in [1.807, 2.05) is 0 Å². The minimum atomic E-state index is -0.409. The molecular formula is C11H10ClNO3. The number of rotatable bonds is 2. The number of aromatic amines is 1. The Bertz CT molecular complexity index is 496. The quantitative estimate of drug-likeness (QED) is 0.626. The van der Waals surface area contributed by atoms with Crippen molar-refractivity contribution in [1.29, 1.82) is 0 Å². The Labute approximate surface area is 97.6 Å². The second-order valence-electron chi connectivity index (χ2n) is 2.84. The Kier molecular flexibility index (Phi) is 4.62. The molecule has 0 fully saturated rings. The van der Waals surface area contributed by atoms with Crippen molar-refractivity contribution in [3.05, 3.63) is 33.2 Å². The Morgan fingerprint density at radius 1 is 1.62 bits per heavy atom. The minimum absolute atomic E-state index is 0.0419. The molecule has 0 saturated heterocycles. The molecule has 0 aliphatic rings. The van der Waals surface area contributed by atoms with Gasteiger partial charge in [-0.3, -0.25) is 9.59 Å². The maximum absolute atomic E-state index is 11.2. The summed E-state index contributed by atoms with van der Waals surface area (Å²) in [7, 11) is 0. The van der Waals surface area contributed by atoms with Crippen molar-refractivity contribution in [2.75, 3.05) is 6.61 Å². The van der Waals surface area contributed by atoms with Gasteiger partial charge in [0, 0.05) is 6.20 Å². The summed E-state index contributed by atoms with van der Waals surface area (Å²) in [5.74, 6) is 4.71. The van der Waals surface area contributed by atoms with Crippen LogP contribution in [0.3, 0.4) is 0 Å². The zero-order valence-electron chi connectivity index (χ0n) is 8.67. The molecule has 4 nitrogen and oxygen atoms in total. The van der Waals surface area contributed by atoms with Gasteiger partial charge in [-0.2, -0.15) is 0 Å². The number of aromatic nitrogens is 1. The van der Waals surface area contributed by atoms with Gasteiger partial charge in [0.1, 0.15) is 6.42 Å². The largest absolute Gasteiger partial charge is 0.465 e. The first-order valence-corrected chi connectivity index (χ1v) is 5.04. The van der Waals surface area contributed by atoms with Crippen molar-refractivity contribution in [3.8, 4) is 11.8 Å². The van der Waals surface area contributed by atoms with Crippen LogP contribution in [0, 0.1) is 11.8 Å². The summed E-state index contributed by atoms with van der Waals surface area (Å²) in [6, 6.07) is 1.44. The number of hydrogen-bond acceptors (Lipinski definition) is 3. The van der Waals surface area contributed by atoms with Gasteiger partial charge in [-0.15, -0.1) is 0 Å². The molecule has 0 bridgehead atoms. The van der Waals surface area contributed by atoms with E-state index in [1.165, 1.54) is 12.3 Å². The fourth-order valence-corrected chi connectivity index (χ4v) is 1.14. The van der Waals surface area contributed by atoms with Crippen molar-refractivity contribution in [1.82, 2.24) is 4.98 Å². The summed E-state index contributed by atoms with van der Waals surface area (Å²) >= 11 is 5.68. The first-order valence-electron chi connectivity index (χ1n) is 4.66. The summed E-state index contributed by atoms with van der Waals surface area (Å²) in [5, 5.41) is 0.389. The molecule has 84 valence electrons. The molecule has 16 heavy (non-hydrogen) atoms. The second kappa shape index (κ2) is 5.99. The van der Waals surface area contributed by atoms with Gasteiger partial charge >= 0.3 is 5.97 Å². The SMILES string of the molecule is CCOC(=O)CC#Cc1cc(Cl)c[nH]c1=O. The second-order valence-corrected chi connectivity index (χ2v) is 3.28. The number of esters is 1. The van der Waals surface area contributed by atoms with Gasteiger partial charge in [-0.25, -0.2) is 0 Å². The average molecular weight is 240 g/mol. The molecule has 1 aromatic heterocycles. The number of H-pyrrole nitrogens is 1. The van der Waals surface area contributed by atoms with Crippen molar-refractivity contribution in [2.45, 2.75) is 13.3 Å². The summed E-state index contributed by atoms with van der Waals surface area (Å²) < 4.78 is 4.68. The number of carbonyl (C=O) groups is 1. The molecular weight excluding hydrogens is 230 g/mol. The van der Waals surface area contributed by atoms with Gasteiger partial charge in [0.25, 0.3) is 5.56 Å². The van der Waals surface area contributed by atoms with Gasteiger partial charge in [-0.05, 0) is 13.0 Å². The highest BCUT2D eigenvalue weighted by atomic mass is 35.5. The number of carbonyl (C=O) groups excluding carboxylic acids is 1. The van der Waals surface area contributed by atoms with Gasteiger partial charge in [0.05, 0.1) is 17.2 Å². The van der Waals surface area contributed by atoms with Gasteiger partial charge in [-0.1, -0.05) is 23.4 Å². The van der Waals surface area contributed by atoms with Crippen LogP contribution in [0.4, 0.5) is 0 Å². The van der Waals surface area contributed by atoms with Crippen molar-refractivity contribution in [3.63, 3.8) is 0 Å². The van der Waals surface area contributed by atoms with Gasteiger partial charge < -0.3 is 9.72 Å². The molecule has 0 amide bonds. The Morgan fingerprint density at radius 3 is 3.06 bits per heavy atom. The monoisotopic (exact) mass is 239 g/mol. The highest BCUT2D eigenvalue weighted by Gasteiger charge is 1.98. The molecule has 0 unspecified atom stereocenters. The molecule has 1 N–H and O–H groups in total. The Hall–Kier alpha value is -1.73. The van der Waals surface area contributed by atoms with E-state index in [4.69, 9.17) is 11.6 Å². The van der Waals surface area contributed by atoms with Crippen molar-refractivity contribution < 1.29 is 9.53 Å². The lowest BCUT2D eigenvalue weighted by atomic mass is 10.2. The number of pyridine rings is 1. The lowest BCUT2D eigenvalue weighted by Crippen LogP contribution is -2.08. The molecule has 0 aromatic carbocycles. The zero-order valence-corrected chi connectivity index (χ0v) is 9.43. The fourth-order valence-electron chi connectivity index (χ4n) is 0.974. The maximum atomic E-state index is 11.2. The van der Waals surface area contributed by atoms with Crippen molar-refractivity contribution in [2.24, 2.45) is 0 Å². The van der Waals surface area contributed by atoms with E-state index >= 15 is 0 Å². The van der Waals surface area contributed by atoms with Crippen molar-refractivity contribution >= 4 is 17.6 Å². The summed E-state index contributed by atoms with van der Waals surface area (Å²) in [4.78, 5) is 24.6. The van der Waals surface area contributed by atoms with E-state index in [-0.39, 0.29) is 17.5 Å². The lowest BCUT2D eigenvalue weighted by molar-refractivity contribution is -0.141. The average Bonchev–Trinajstić information content (AvgIpc) is 2.23. The molecule has 0 radical (unpaired) electrons. The molecule has 1 heterocycles. The molecule has 5 heteroatoms. The van der Waals surface area contributed by atoms with E-state index in [2.05, 4.69) is 21.6 Å². The molecule has 1 aromatic rings. The molecule has 1 rings (SSSR count). The normalized spacial score (nSPS) is 9.12. The summed E-state index contributed by atoms with van der Waals surface area (Å²) in [6.07, 6.45) is 1.33. The van der Waals surface area contributed by atoms with Gasteiger partial charge in [0.2, 0.25) is 0 Å². The van der Waals surface area contributed by atoms with E-state index in [9.17, 15) is 9.59 Å². The standard InChI is InChI=1S/C11H10ClNO3/c1-2-16-10(14)5-3-4-8-6-9(12)7-13-11(8)15/h6-7H,2,5H2,1H3,(H,13,15). The predicted molar refractivity (Wildman–Crippen MR) is 60.2 cm³/mol. The van der Waals surface area contributed by atoms with Crippen LogP contribution in [0.25, 0.3) is 0 Å². The number of hydrogen-bond donors (Lipinski definition) is 1. The molecule has 0 spiro atoms. The van der Waals surface area contributed by atoms with Crippen LogP contribution in [0.5, 0.6) is 0 Å². The fraction of sp³-hybridized carbons (Fsp3) is 0.273. The van der Waals surface area contributed by atoms with Crippen LogP contribution in [-0.4, -0.2) is 17.6 Å². The Balaban J connectivity index is 2.73. The summed E-state index contributed by atoms with van der Waals surface area (Å²) in [5.41, 5.74) is -0.0995. The molecule has 0 saturated carbocycles. The van der Waals surface area contributed by atoms with E-state index in [0.717, 1.165) is 0 Å². The van der Waals surface area contributed by atoms with E-state index in [0.29, 0.717) is 11.6 Å². The van der Waals surface area contributed by atoms with Crippen LogP contribution in [0.2, 0.25) is 5.02 Å². The summed E-state index contributed by atoms with van der Waals surface area (Å²) in [6.45, 7) is 2.03. The highest BCUT2D eigenvalue weighted by Crippen LogP contribution is 2.03. The smallest absolute Gasteiger partial charge is 0.317 e. The van der Waals surface area contributed by atoms with E-state index in [1.54, 1.807) is 6.92 Å². The predicted octanol–water partition coefficient (Wildman–Crippen LogP) is 1.33. The number of nitrogens with one attached hydrogen (secondary N) is 1. The molecule has 0 aliphatic carbocycles. The number of halogens is 1. The third-order valence-electron chi connectivity index (χ3n) is 1.63. The highest BCUT2D eigenvalue weighted by molar-refractivity contribution is 6.30. The van der Waals surface area contributed by atoms with Crippen LogP contribution < -0.4 is 5.56 Å². The Morgan fingerprint density at radius 2 is 2.38 bits per heavy atom. The maximum Gasteiger partial charge on any atom is 0.317 e. The number of ether oxygens (including phenoxy) is 1. The molecule has 0 aliphatic heterocycles. The van der Waals surface area contributed by atoms with Crippen LogP contribution >= 0.6 is 11.6 Å².